The van der Waals surface area contributed by atoms with Gasteiger partial charge in [0.2, 0.25) is 0 Å². The molecule has 0 fully saturated rings. The van der Waals surface area contributed by atoms with Gasteiger partial charge in [-0.15, -0.1) is 11.3 Å². The minimum absolute atomic E-state index is 0.147. The van der Waals surface area contributed by atoms with Crippen molar-refractivity contribution in [3.05, 3.63) is 91.4 Å². The van der Waals surface area contributed by atoms with Gasteiger partial charge >= 0.3 is 5.97 Å². The topological polar surface area (TPSA) is 103 Å². The average molecular weight is 538 g/mol. The van der Waals surface area contributed by atoms with Gasteiger partial charge in [-0.05, 0) is 30.2 Å². The van der Waals surface area contributed by atoms with Crippen molar-refractivity contribution in [3.8, 4) is 11.1 Å². The number of benzene rings is 2. The van der Waals surface area contributed by atoms with Crippen LogP contribution in [0.15, 0.2) is 69.2 Å². The van der Waals surface area contributed by atoms with E-state index in [2.05, 4.69) is 10.1 Å². The summed E-state index contributed by atoms with van der Waals surface area (Å²) in [4.78, 5) is 40.4. The van der Waals surface area contributed by atoms with Gasteiger partial charge in [0, 0.05) is 33.2 Å². The number of H-pyrrole nitrogens is 1. The summed E-state index contributed by atoms with van der Waals surface area (Å²) in [5, 5.41) is 19.5. The van der Waals surface area contributed by atoms with Crippen LogP contribution in [0.5, 0.6) is 0 Å². The molecular formula is C27H21ClFN3O4S. The Kier molecular flexibility index (Phi) is 6.66. The van der Waals surface area contributed by atoms with Gasteiger partial charge in [-0.2, -0.15) is 5.10 Å². The molecule has 0 spiro atoms. The Morgan fingerprint density at radius 2 is 1.86 bits per heavy atom. The molecule has 0 aliphatic carbocycles. The smallest absolute Gasteiger partial charge is 0.306 e. The molecule has 4 aromatic rings. The number of fused-ring (bicyclic) bond motifs is 1. The van der Waals surface area contributed by atoms with Crippen molar-refractivity contribution >= 4 is 51.4 Å². The second-order valence-corrected chi connectivity index (χ2v) is 10.0. The molecule has 1 aliphatic heterocycles. The number of thiophene rings is 1. The first kappa shape index (κ1) is 24.9. The number of carboxylic acid groups (broad SMARTS) is 1. The molecule has 1 amide bonds. The number of hydrazone groups is 1. The maximum atomic E-state index is 14.7. The number of nitrogens with one attached hydrogen (secondary N) is 1. The highest BCUT2D eigenvalue weighted by atomic mass is 35.5. The Labute approximate surface area is 219 Å². The summed E-state index contributed by atoms with van der Waals surface area (Å²) in [5.41, 5.74) is 3.91. The standard InChI is InChI=1S/C27H21ClFN3O4S/c1-14-2-4-15(5-3-14)22-11-20(31-32(22)27(36)19(29)10-23(33)34)25-24(16-6-8-17(28)9-7-16)18-12-37-13-21(18)30-26(25)35/h2-9,12-13,19,22H,10-11H2,1H3,(H,30,35)(H,33,34)/t19?,22-/m0/s1. The highest BCUT2D eigenvalue weighted by Crippen LogP contribution is 2.38. The van der Waals surface area contributed by atoms with Crippen LogP contribution in [0.1, 0.15) is 35.6 Å². The van der Waals surface area contributed by atoms with E-state index in [0.717, 1.165) is 21.5 Å². The number of amides is 1. The maximum Gasteiger partial charge on any atom is 0.306 e. The molecule has 0 bridgehead atoms. The number of alkyl halides is 1. The van der Waals surface area contributed by atoms with Crippen molar-refractivity contribution in [2.24, 2.45) is 5.10 Å². The summed E-state index contributed by atoms with van der Waals surface area (Å²) in [5.74, 6) is -2.50. The van der Waals surface area contributed by atoms with Gasteiger partial charge in [0.15, 0.2) is 6.17 Å². The Balaban J connectivity index is 1.68. The number of aryl methyl sites for hydroxylation is 1. The molecule has 3 heterocycles. The molecule has 5 rings (SSSR count). The lowest BCUT2D eigenvalue weighted by molar-refractivity contribution is -0.146. The highest BCUT2D eigenvalue weighted by Gasteiger charge is 2.38. The quantitative estimate of drug-likeness (QED) is 0.329. The molecule has 2 atom stereocenters. The number of aromatic nitrogens is 1. The molecule has 2 aromatic heterocycles. The lowest BCUT2D eigenvalue weighted by atomic mass is 9.92. The second kappa shape index (κ2) is 9.91. The van der Waals surface area contributed by atoms with Gasteiger partial charge in [-0.3, -0.25) is 14.4 Å². The van der Waals surface area contributed by atoms with E-state index in [1.54, 1.807) is 24.3 Å². The first-order chi connectivity index (χ1) is 17.7. The van der Waals surface area contributed by atoms with E-state index in [1.165, 1.54) is 11.3 Å². The summed E-state index contributed by atoms with van der Waals surface area (Å²) in [6, 6.07) is 13.7. The number of hydrogen-bond acceptors (Lipinski definition) is 5. The highest BCUT2D eigenvalue weighted by molar-refractivity contribution is 7.09. The first-order valence-electron chi connectivity index (χ1n) is 11.4. The average Bonchev–Trinajstić information content (AvgIpc) is 3.50. The first-order valence-corrected chi connectivity index (χ1v) is 12.8. The Morgan fingerprint density at radius 3 is 2.54 bits per heavy atom. The molecule has 2 N–H and O–H groups in total. The SMILES string of the molecule is Cc1ccc([C@@H]2CC(c3c(-c4ccc(Cl)cc4)c4cscc4[nH]c3=O)=NN2C(=O)C(F)CC(=O)O)cc1. The van der Waals surface area contributed by atoms with Crippen LogP contribution >= 0.6 is 22.9 Å². The number of nitrogens with zero attached hydrogens (tertiary/aromatic N) is 2. The van der Waals surface area contributed by atoms with Gasteiger partial charge in [-0.1, -0.05) is 53.6 Å². The van der Waals surface area contributed by atoms with E-state index in [9.17, 15) is 18.8 Å². The lowest BCUT2D eigenvalue weighted by Gasteiger charge is -2.23. The monoisotopic (exact) mass is 537 g/mol. The molecule has 7 nitrogen and oxygen atoms in total. The predicted molar refractivity (Wildman–Crippen MR) is 142 cm³/mol. The van der Waals surface area contributed by atoms with Crippen LogP contribution in [0.25, 0.3) is 22.0 Å². The normalized spacial score (nSPS) is 16.1. The van der Waals surface area contributed by atoms with Gasteiger partial charge in [0.25, 0.3) is 11.5 Å². The van der Waals surface area contributed by atoms with Crippen molar-refractivity contribution in [2.45, 2.75) is 32.0 Å². The van der Waals surface area contributed by atoms with Gasteiger partial charge in [0.05, 0.1) is 29.3 Å². The second-order valence-electron chi connectivity index (χ2n) is 8.84. The fourth-order valence-electron chi connectivity index (χ4n) is 4.51. The molecule has 1 unspecified atom stereocenters. The van der Waals surface area contributed by atoms with Crippen LogP contribution in [0.3, 0.4) is 0 Å². The molecule has 2 aromatic carbocycles. The minimum Gasteiger partial charge on any atom is -0.481 e. The van der Waals surface area contributed by atoms with Crippen molar-refractivity contribution in [1.82, 2.24) is 9.99 Å². The number of rotatable bonds is 6. The number of carboxylic acids is 1. The number of halogens is 2. The van der Waals surface area contributed by atoms with E-state index >= 15 is 0 Å². The molecule has 0 radical (unpaired) electrons. The predicted octanol–water partition coefficient (Wildman–Crippen LogP) is 5.71. The minimum atomic E-state index is -2.28. The fraction of sp³-hybridized carbons (Fsp3) is 0.185. The summed E-state index contributed by atoms with van der Waals surface area (Å²) in [6.45, 7) is 1.92. The molecule has 37 heavy (non-hydrogen) atoms. The molecule has 0 saturated heterocycles. The van der Waals surface area contributed by atoms with Crippen molar-refractivity contribution < 1.29 is 19.1 Å². The van der Waals surface area contributed by atoms with Crippen LogP contribution in [-0.4, -0.2) is 38.9 Å². The number of aromatic amines is 1. The molecular weight excluding hydrogens is 517 g/mol. The third-order valence-electron chi connectivity index (χ3n) is 6.30. The fourth-order valence-corrected chi connectivity index (χ4v) is 5.41. The van der Waals surface area contributed by atoms with Gasteiger partial charge in [-0.25, -0.2) is 9.40 Å². The number of carbonyl (C=O) groups is 2. The zero-order valence-corrected chi connectivity index (χ0v) is 21.1. The maximum absolute atomic E-state index is 14.7. The number of pyridine rings is 1. The Hall–Kier alpha value is -3.82. The lowest BCUT2D eigenvalue weighted by Crippen LogP contribution is -2.35. The third-order valence-corrected chi connectivity index (χ3v) is 7.29. The molecule has 0 saturated carbocycles. The van der Waals surface area contributed by atoms with Crippen LogP contribution in [0.2, 0.25) is 5.02 Å². The van der Waals surface area contributed by atoms with Crippen LogP contribution < -0.4 is 5.56 Å². The van der Waals surface area contributed by atoms with Crippen LogP contribution in [0, 0.1) is 6.92 Å². The zero-order chi connectivity index (χ0) is 26.3. The van der Waals surface area contributed by atoms with Gasteiger partial charge in [0.1, 0.15) is 0 Å². The Morgan fingerprint density at radius 1 is 1.16 bits per heavy atom. The summed E-state index contributed by atoms with van der Waals surface area (Å²) in [7, 11) is 0. The van der Waals surface area contributed by atoms with E-state index < -0.39 is 36.1 Å². The molecule has 188 valence electrons. The van der Waals surface area contributed by atoms with Crippen molar-refractivity contribution in [1.29, 1.82) is 0 Å². The van der Waals surface area contributed by atoms with E-state index in [0.29, 0.717) is 27.4 Å². The van der Waals surface area contributed by atoms with E-state index in [4.69, 9.17) is 16.7 Å². The van der Waals surface area contributed by atoms with Crippen LogP contribution in [-0.2, 0) is 9.59 Å². The zero-order valence-electron chi connectivity index (χ0n) is 19.6. The number of aliphatic carboxylic acids is 1. The largest absolute Gasteiger partial charge is 0.481 e. The number of carbonyl (C=O) groups excluding carboxylic acids is 1. The van der Waals surface area contributed by atoms with Crippen molar-refractivity contribution in [2.75, 3.05) is 0 Å². The summed E-state index contributed by atoms with van der Waals surface area (Å²) in [6.07, 6.45) is -3.10. The van der Waals surface area contributed by atoms with E-state index in [1.807, 2.05) is 41.9 Å². The molecule has 1 aliphatic rings. The van der Waals surface area contributed by atoms with E-state index in [-0.39, 0.29) is 12.0 Å². The molecule has 10 heteroatoms. The van der Waals surface area contributed by atoms with Gasteiger partial charge < -0.3 is 10.1 Å². The number of hydrogen-bond donors (Lipinski definition) is 2. The third kappa shape index (κ3) is 4.80. The van der Waals surface area contributed by atoms with Crippen LogP contribution in [0.4, 0.5) is 4.39 Å². The summed E-state index contributed by atoms with van der Waals surface area (Å²) >= 11 is 7.53. The summed E-state index contributed by atoms with van der Waals surface area (Å²) < 4.78 is 14.7. The van der Waals surface area contributed by atoms with Crippen molar-refractivity contribution in [3.63, 3.8) is 0 Å². The Bertz CT molecular complexity index is 1590.